The fourth-order valence-corrected chi connectivity index (χ4v) is 2.58. The van der Waals surface area contributed by atoms with Crippen LogP contribution in [0.3, 0.4) is 0 Å². The molecule has 23 heavy (non-hydrogen) atoms. The number of hydrogen-bond acceptors (Lipinski definition) is 4. The molecule has 120 valence electrons. The van der Waals surface area contributed by atoms with Gasteiger partial charge in [0, 0.05) is 5.39 Å². The van der Waals surface area contributed by atoms with Crippen molar-refractivity contribution < 1.29 is 13.9 Å². The van der Waals surface area contributed by atoms with E-state index in [9.17, 15) is 9.18 Å². The van der Waals surface area contributed by atoms with Gasteiger partial charge < -0.3 is 15.8 Å². The summed E-state index contributed by atoms with van der Waals surface area (Å²) in [6.45, 7) is 0.914. The second-order valence-electron chi connectivity index (χ2n) is 5.42. The lowest BCUT2D eigenvalue weighted by molar-refractivity contribution is 0.0954. The Morgan fingerprint density at radius 1 is 1.30 bits per heavy atom. The van der Waals surface area contributed by atoms with Crippen LogP contribution >= 0.6 is 0 Å². The molecule has 1 saturated heterocycles. The number of nitrogens with two attached hydrogens (primary N) is 1. The summed E-state index contributed by atoms with van der Waals surface area (Å²) in [7, 11) is 0. The van der Waals surface area contributed by atoms with E-state index in [1.807, 2.05) is 24.3 Å². The summed E-state index contributed by atoms with van der Waals surface area (Å²) in [4.78, 5) is 16.5. The molecular formula is C17H18FN3O2. The first-order valence-electron chi connectivity index (χ1n) is 7.53. The summed E-state index contributed by atoms with van der Waals surface area (Å²) >= 11 is 0. The maximum Gasteiger partial charge on any atom is 0.255 e. The minimum absolute atomic E-state index is 0.138. The third kappa shape index (κ3) is 3.48. The van der Waals surface area contributed by atoms with Crippen LogP contribution in [0.1, 0.15) is 23.2 Å². The molecule has 5 nitrogen and oxygen atoms in total. The highest BCUT2D eigenvalue weighted by atomic mass is 19.1. The van der Waals surface area contributed by atoms with Gasteiger partial charge in [0.25, 0.3) is 5.91 Å². The smallest absolute Gasteiger partial charge is 0.255 e. The van der Waals surface area contributed by atoms with E-state index < -0.39 is 5.91 Å². The number of ether oxygens (including phenoxy) is 1. The molecule has 1 aromatic carbocycles. The molecule has 1 aliphatic heterocycles. The second-order valence-corrected chi connectivity index (χ2v) is 5.42. The molecule has 0 bridgehead atoms. The third-order valence-electron chi connectivity index (χ3n) is 3.88. The van der Waals surface area contributed by atoms with Gasteiger partial charge in [0.05, 0.1) is 30.8 Å². The van der Waals surface area contributed by atoms with Gasteiger partial charge in [-0.3, -0.25) is 4.79 Å². The SMILES string of the molecule is Nc1nc2ccccc2cc1C(=O)NCC(F)=C1CCOCC1. The average molecular weight is 315 g/mol. The first kappa shape index (κ1) is 15.4. The molecule has 2 aromatic rings. The molecule has 1 fully saturated rings. The van der Waals surface area contributed by atoms with E-state index in [1.54, 1.807) is 6.07 Å². The molecule has 6 heteroatoms. The molecule has 2 heterocycles. The number of nitrogen functional groups attached to an aromatic ring is 1. The van der Waals surface area contributed by atoms with E-state index in [2.05, 4.69) is 10.3 Å². The van der Waals surface area contributed by atoms with Gasteiger partial charge in [-0.05, 0) is 30.5 Å². The Morgan fingerprint density at radius 2 is 2.04 bits per heavy atom. The van der Waals surface area contributed by atoms with Crippen LogP contribution in [0.25, 0.3) is 10.9 Å². The normalized spacial score (nSPS) is 14.7. The topological polar surface area (TPSA) is 77.2 Å². The summed E-state index contributed by atoms with van der Waals surface area (Å²) in [5.74, 6) is -0.585. The Hall–Kier alpha value is -2.47. The number of amides is 1. The van der Waals surface area contributed by atoms with Gasteiger partial charge in [-0.15, -0.1) is 0 Å². The molecule has 1 aliphatic rings. The number of fused-ring (bicyclic) bond motifs is 1. The van der Waals surface area contributed by atoms with Crippen molar-refractivity contribution in [2.45, 2.75) is 12.8 Å². The summed E-state index contributed by atoms with van der Waals surface area (Å²) in [5, 5.41) is 3.38. The minimum Gasteiger partial charge on any atom is -0.383 e. The van der Waals surface area contributed by atoms with Crippen molar-refractivity contribution in [2.75, 3.05) is 25.5 Å². The zero-order valence-electron chi connectivity index (χ0n) is 12.6. The van der Waals surface area contributed by atoms with Gasteiger partial charge in [-0.2, -0.15) is 0 Å². The zero-order valence-corrected chi connectivity index (χ0v) is 12.6. The molecule has 0 saturated carbocycles. The van der Waals surface area contributed by atoms with E-state index in [0.29, 0.717) is 31.6 Å². The van der Waals surface area contributed by atoms with Crippen LogP contribution in [0.4, 0.5) is 10.2 Å². The fourth-order valence-electron chi connectivity index (χ4n) is 2.58. The Balaban J connectivity index is 1.74. The Bertz CT molecular complexity index is 766. The van der Waals surface area contributed by atoms with Gasteiger partial charge in [0.1, 0.15) is 11.6 Å². The maximum atomic E-state index is 14.1. The number of benzene rings is 1. The average Bonchev–Trinajstić information content (AvgIpc) is 2.59. The van der Waals surface area contributed by atoms with Gasteiger partial charge in [0.2, 0.25) is 0 Å². The lowest BCUT2D eigenvalue weighted by Gasteiger charge is -2.16. The summed E-state index contributed by atoms with van der Waals surface area (Å²) in [6, 6.07) is 9.05. The number of pyridine rings is 1. The van der Waals surface area contributed by atoms with Crippen LogP contribution in [0.2, 0.25) is 0 Å². The Labute approximate surface area is 133 Å². The van der Waals surface area contributed by atoms with Crippen molar-refractivity contribution in [3.8, 4) is 0 Å². The molecule has 3 N–H and O–H groups in total. The van der Waals surface area contributed by atoms with Gasteiger partial charge in [0.15, 0.2) is 0 Å². The molecule has 3 rings (SSSR count). The van der Waals surface area contributed by atoms with Crippen molar-refractivity contribution in [2.24, 2.45) is 0 Å². The number of carbonyl (C=O) groups is 1. The van der Waals surface area contributed by atoms with Crippen molar-refractivity contribution >= 4 is 22.6 Å². The van der Waals surface area contributed by atoms with Crippen LogP contribution in [0, 0.1) is 0 Å². The molecule has 0 radical (unpaired) electrons. The Kier molecular flexibility index (Phi) is 4.52. The zero-order chi connectivity index (χ0) is 16.2. The van der Waals surface area contributed by atoms with Crippen molar-refractivity contribution in [1.29, 1.82) is 0 Å². The molecule has 0 spiro atoms. The molecule has 0 unspecified atom stereocenters. The number of para-hydroxylation sites is 1. The first-order valence-corrected chi connectivity index (χ1v) is 7.53. The third-order valence-corrected chi connectivity index (χ3v) is 3.88. The number of nitrogens with one attached hydrogen (secondary N) is 1. The van der Waals surface area contributed by atoms with Crippen LogP contribution < -0.4 is 11.1 Å². The van der Waals surface area contributed by atoms with E-state index in [-0.39, 0.29) is 23.8 Å². The second kappa shape index (κ2) is 6.75. The highest BCUT2D eigenvalue weighted by Crippen LogP contribution is 2.20. The number of hydrogen-bond donors (Lipinski definition) is 2. The van der Waals surface area contributed by atoms with Crippen LogP contribution in [-0.2, 0) is 4.74 Å². The molecule has 1 aromatic heterocycles. The number of rotatable bonds is 3. The summed E-state index contributed by atoms with van der Waals surface area (Å²) in [6.07, 6.45) is 1.14. The standard InChI is InChI=1S/C17H18FN3O2/c18-14(11-5-7-23-8-6-11)10-20-17(22)13-9-12-3-1-2-4-15(12)21-16(13)19/h1-4,9H,5-8,10H2,(H2,19,21)(H,20,22). The monoisotopic (exact) mass is 315 g/mol. The molecule has 1 amide bonds. The van der Waals surface area contributed by atoms with Crippen molar-refractivity contribution in [1.82, 2.24) is 10.3 Å². The fraction of sp³-hybridized carbons (Fsp3) is 0.294. The Morgan fingerprint density at radius 3 is 2.83 bits per heavy atom. The molecule has 0 atom stereocenters. The van der Waals surface area contributed by atoms with Crippen LogP contribution in [0.15, 0.2) is 41.7 Å². The van der Waals surface area contributed by atoms with E-state index in [1.165, 1.54) is 0 Å². The van der Waals surface area contributed by atoms with Crippen molar-refractivity contribution in [3.05, 3.63) is 47.3 Å². The van der Waals surface area contributed by atoms with E-state index in [4.69, 9.17) is 10.5 Å². The van der Waals surface area contributed by atoms with E-state index >= 15 is 0 Å². The predicted molar refractivity (Wildman–Crippen MR) is 86.7 cm³/mol. The number of nitrogens with zero attached hydrogens (tertiary/aromatic N) is 1. The number of aromatic nitrogens is 1. The minimum atomic E-state index is -0.427. The molecular weight excluding hydrogens is 297 g/mol. The molecule has 0 aliphatic carbocycles. The first-order chi connectivity index (χ1) is 11.1. The van der Waals surface area contributed by atoms with Crippen molar-refractivity contribution in [3.63, 3.8) is 0 Å². The summed E-state index contributed by atoms with van der Waals surface area (Å²) in [5.41, 5.74) is 7.53. The number of anilines is 1. The highest BCUT2D eigenvalue weighted by molar-refractivity contribution is 6.01. The van der Waals surface area contributed by atoms with E-state index in [0.717, 1.165) is 10.9 Å². The lowest BCUT2D eigenvalue weighted by Crippen LogP contribution is -2.27. The van der Waals surface area contributed by atoms with Crippen LogP contribution in [0.5, 0.6) is 0 Å². The summed E-state index contributed by atoms with van der Waals surface area (Å²) < 4.78 is 19.3. The highest BCUT2D eigenvalue weighted by Gasteiger charge is 2.15. The number of halogens is 1. The van der Waals surface area contributed by atoms with Gasteiger partial charge in [-0.1, -0.05) is 18.2 Å². The lowest BCUT2D eigenvalue weighted by atomic mass is 10.1. The van der Waals surface area contributed by atoms with Crippen LogP contribution in [-0.4, -0.2) is 30.6 Å². The maximum absolute atomic E-state index is 14.1. The predicted octanol–water partition coefficient (Wildman–Crippen LogP) is 2.58. The number of carbonyl (C=O) groups excluding carboxylic acids is 1. The van der Waals surface area contributed by atoms with Gasteiger partial charge in [-0.25, -0.2) is 9.37 Å². The quantitative estimate of drug-likeness (QED) is 0.912. The van der Waals surface area contributed by atoms with Gasteiger partial charge >= 0.3 is 0 Å². The largest absolute Gasteiger partial charge is 0.383 e.